The van der Waals surface area contributed by atoms with Crippen LogP contribution >= 0.6 is 0 Å². The number of likely N-dealkylation sites (N-methyl/N-ethyl adjacent to an activating group) is 2. The zero-order valence-corrected chi connectivity index (χ0v) is 27.2. The van der Waals surface area contributed by atoms with Crippen molar-refractivity contribution >= 4 is 35.3 Å². The number of benzene rings is 1. The predicted octanol–water partition coefficient (Wildman–Crippen LogP) is 2.26. The Hall–Kier alpha value is -3.47. The number of carbonyl (C=O) groups excluding carboxylic acids is 5. The molecule has 2 heterocycles. The monoisotopic (exact) mass is 599 g/mol. The van der Waals surface area contributed by atoms with Crippen LogP contribution in [0.2, 0.25) is 0 Å². The molecule has 0 aliphatic carbocycles. The van der Waals surface area contributed by atoms with Gasteiger partial charge in [0.2, 0.25) is 17.7 Å². The van der Waals surface area contributed by atoms with Gasteiger partial charge in [0.05, 0.1) is 6.04 Å². The zero-order chi connectivity index (χ0) is 32.4. The average molecular weight is 600 g/mol. The summed E-state index contributed by atoms with van der Waals surface area (Å²) in [5.74, 6) is -1.93. The molecule has 1 saturated heterocycles. The minimum Gasteiger partial charge on any atom is -0.459 e. The highest BCUT2D eigenvalue weighted by Gasteiger charge is 2.46. The molecule has 1 fully saturated rings. The molecule has 1 aromatic carbocycles. The second-order valence-corrected chi connectivity index (χ2v) is 12.9. The Morgan fingerprint density at radius 1 is 1.14 bits per heavy atom. The lowest BCUT2D eigenvalue weighted by Gasteiger charge is -2.46. The van der Waals surface area contributed by atoms with Crippen LogP contribution in [-0.4, -0.2) is 101 Å². The molecule has 1 aromatic rings. The summed E-state index contributed by atoms with van der Waals surface area (Å²) in [4.78, 5) is 72.9. The van der Waals surface area contributed by atoms with E-state index in [0.29, 0.717) is 25.1 Å². The molecular formula is C32H49N5O6. The molecule has 2 aliphatic rings. The SMILES string of the molecule is CC[C@H](C)[C@H](N)C(=O)N(C)[C@@H](C)C(=O)N1CC[C@H]1C(=O)N(CC)[C@H]1Cc2ccc(C)cc2N(CC(=O)OC(C)(C)C)C1=O. The summed E-state index contributed by atoms with van der Waals surface area (Å²) in [5, 5.41) is 0. The summed E-state index contributed by atoms with van der Waals surface area (Å²) in [5.41, 5.74) is 7.83. The first-order valence-electron chi connectivity index (χ1n) is 15.3. The molecule has 5 atom stereocenters. The topological polar surface area (TPSA) is 134 Å². The first kappa shape index (κ1) is 34.0. The van der Waals surface area contributed by atoms with Crippen molar-refractivity contribution < 1.29 is 28.7 Å². The van der Waals surface area contributed by atoms with E-state index in [2.05, 4.69) is 0 Å². The standard InChI is InChI=1S/C32H49N5O6/c1-10-20(4)27(33)31(42)34(9)21(5)28(39)36-15-14-23(36)29(40)35(11-2)25-17-22-13-12-19(3)16-24(22)37(30(25)41)18-26(38)43-32(6,7)8/h12-13,16,20-21,23,25,27H,10-11,14-15,17-18,33H2,1-9H3/t20-,21-,23-,25-,27-/m0/s1. The number of anilines is 1. The lowest BCUT2D eigenvalue weighted by atomic mass is 9.92. The summed E-state index contributed by atoms with van der Waals surface area (Å²) >= 11 is 0. The Morgan fingerprint density at radius 2 is 1.79 bits per heavy atom. The van der Waals surface area contributed by atoms with Crippen LogP contribution in [-0.2, 0) is 35.1 Å². The molecule has 11 heteroatoms. The van der Waals surface area contributed by atoms with Gasteiger partial charge in [-0.15, -0.1) is 0 Å². The zero-order valence-electron chi connectivity index (χ0n) is 27.2. The molecule has 0 bridgehead atoms. The Balaban J connectivity index is 1.81. The van der Waals surface area contributed by atoms with Crippen LogP contribution < -0.4 is 10.6 Å². The minimum absolute atomic E-state index is 0.0364. The van der Waals surface area contributed by atoms with E-state index in [1.54, 1.807) is 41.7 Å². The van der Waals surface area contributed by atoms with Crippen molar-refractivity contribution in [1.82, 2.24) is 14.7 Å². The third kappa shape index (κ3) is 7.37. The van der Waals surface area contributed by atoms with Crippen molar-refractivity contribution in [3.8, 4) is 0 Å². The van der Waals surface area contributed by atoms with Crippen molar-refractivity contribution in [1.29, 1.82) is 0 Å². The van der Waals surface area contributed by atoms with Crippen LogP contribution in [0.4, 0.5) is 5.69 Å². The molecule has 0 spiro atoms. The van der Waals surface area contributed by atoms with Gasteiger partial charge >= 0.3 is 5.97 Å². The van der Waals surface area contributed by atoms with Crippen LogP contribution in [0, 0.1) is 12.8 Å². The summed E-state index contributed by atoms with van der Waals surface area (Å²) in [6, 6.07) is 2.61. The molecule has 4 amide bonds. The van der Waals surface area contributed by atoms with Gasteiger partial charge in [0.1, 0.15) is 30.3 Å². The molecule has 3 rings (SSSR count). The number of esters is 1. The molecule has 0 radical (unpaired) electrons. The summed E-state index contributed by atoms with van der Waals surface area (Å²) in [6.07, 6.45) is 1.48. The van der Waals surface area contributed by atoms with Gasteiger partial charge in [-0.1, -0.05) is 32.4 Å². The Kier molecular flexibility index (Phi) is 10.6. The van der Waals surface area contributed by atoms with Crippen molar-refractivity contribution in [2.75, 3.05) is 31.6 Å². The fraction of sp³-hybridized carbons (Fsp3) is 0.656. The molecule has 0 unspecified atom stereocenters. The predicted molar refractivity (Wildman–Crippen MR) is 164 cm³/mol. The maximum atomic E-state index is 14.0. The lowest BCUT2D eigenvalue weighted by Crippen LogP contribution is -2.65. The van der Waals surface area contributed by atoms with Crippen LogP contribution in [0.15, 0.2) is 18.2 Å². The highest BCUT2D eigenvalue weighted by molar-refractivity contribution is 6.05. The number of rotatable bonds is 10. The van der Waals surface area contributed by atoms with Crippen molar-refractivity contribution in [2.45, 2.75) is 104 Å². The fourth-order valence-corrected chi connectivity index (χ4v) is 5.56. The van der Waals surface area contributed by atoms with Gasteiger partial charge in [0.15, 0.2) is 0 Å². The number of carbonyl (C=O) groups is 5. The Bertz CT molecular complexity index is 1240. The van der Waals surface area contributed by atoms with Gasteiger partial charge < -0.3 is 25.2 Å². The number of nitrogens with two attached hydrogens (primary N) is 1. The van der Waals surface area contributed by atoms with Crippen molar-refractivity contribution in [2.24, 2.45) is 11.7 Å². The number of amides is 4. The molecule has 11 nitrogen and oxygen atoms in total. The van der Waals surface area contributed by atoms with Gasteiger partial charge in [-0.05, 0) is 71.1 Å². The van der Waals surface area contributed by atoms with E-state index in [9.17, 15) is 24.0 Å². The summed E-state index contributed by atoms with van der Waals surface area (Å²) < 4.78 is 5.51. The third-order valence-corrected chi connectivity index (χ3v) is 8.62. The Labute approximate surface area is 255 Å². The smallest absolute Gasteiger partial charge is 0.326 e. The molecule has 0 saturated carbocycles. The maximum absolute atomic E-state index is 14.0. The first-order valence-corrected chi connectivity index (χ1v) is 15.3. The van der Waals surface area contributed by atoms with Gasteiger partial charge in [0, 0.05) is 32.2 Å². The third-order valence-electron chi connectivity index (χ3n) is 8.62. The van der Waals surface area contributed by atoms with Crippen LogP contribution in [0.1, 0.15) is 72.4 Å². The minimum atomic E-state index is -0.845. The molecule has 0 aromatic heterocycles. The van der Waals surface area contributed by atoms with Crippen LogP contribution in [0.5, 0.6) is 0 Å². The molecular weight excluding hydrogens is 550 g/mol. The average Bonchev–Trinajstić information content (AvgIpc) is 2.91. The molecule has 2 aliphatic heterocycles. The van der Waals surface area contributed by atoms with Crippen LogP contribution in [0.3, 0.4) is 0 Å². The second kappa shape index (κ2) is 13.4. The van der Waals surface area contributed by atoms with E-state index in [1.165, 1.54) is 19.6 Å². The second-order valence-electron chi connectivity index (χ2n) is 12.9. The quantitative estimate of drug-likeness (QED) is 0.408. The lowest BCUT2D eigenvalue weighted by molar-refractivity contribution is -0.159. The summed E-state index contributed by atoms with van der Waals surface area (Å²) in [6.45, 7) is 14.8. The number of nitrogens with zero attached hydrogens (tertiary/aromatic N) is 4. The maximum Gasteiger partial charge on any atom is 0.326 e. The number of hydrogen-bond donors (Lipinski definition) is 1. The van der Waals surface area contributed by atoms with E-state index in [-0.39, 0.29) is 42.6 Å². The number of fused-ring (bicyclic) bond motifs is 1. The van der Waals surface area contributed by atoms with E-state index >= 15 is 0 Å². The van der Waals surface area contributed by atoms with Gasteiger partial charge in [0.25, 0.3) is 5.91 Å². The fourth-order valence-electron chi connectivity index (χ4n) is 5.56. The van der Waals surface area contributed by atoms with E-state index in [4.69, 9.17) is 10.5 Å². The first-order chi connectivity index (χ1) is 20.0. The van der Waals surface area contributed by atoms with Gasteiger partial charge in [-0.3, -0.25) is 28.9 Å². The molecule has 43 heavy (non-hydrogen) atoms. The number of likely N-dealkylation sites (tertiary alicyclic amines) is 1. The number of hydrogen-bond acceptors (Lipinski definition) is 7. The Morgan fingerprint density at radius 3 is 2.33 bits per heavy atom. The van der Waals surface area contributed by atoms with E-state index < -0.39 is 35.7 Å². The molecule has 238 valence electrons. The van der Waals surface area contributed by atoms with Crippen molar-refractivity contribution in [3.63, 3.8) is 0 Å². The van der Waals surface area contributed by atoms with Crippen LogP contribution in [0.25, 0.3) is 0 Å². The van der Waals surface area contributed by atoms with Crippen molar-refractivity contribution in [3.05, 3.63) is 29.3 Å². The normalized spacial score (nSPS) is 20.4. The van der Waals surface area contributed by atoms with E-state index in [0.717, 1.165) is 17.5 Å². The van der Waals surface area contributed by atoms with E-state index in [1.807, 2.05) is 39.0 Å². The highest BCUT2D eigenvalue weighted by atomic mass is 16.6. The van der Waals surface area contributed by atoms with Gasteiger partial charge in [-0.25, -0.2) is 0 Å². The van der Waals surface area contributed by atoms with Gasteiger partial charge in [-0.2, -0.15) is 0 Å². The summed E-state index contributed by atoms with van der Waals surface area (Å²) in [7, 11) is 1.56. The largest absolute Gasteiger partial charge is 0.459 e. The number of ether oxygens (including phenoxy) is 1. The molecule has 2 N–H and O–H groups in total. The number of aryl methyl sites for hydroxylation is 1. The highest BCUT2D eigenvalue weighted by Crippen LogP contribution is 2.32.